The molecule has 1 N–H and O–H groups in total. The number of nitrogens with one attached hydrogen (secondary N) is 1. The molecule has 1 aromatic rings. The molecule has 82 valence electrons. The standard InChI is InChI=1S/C11H18N4/c1-7-5-12-6-9(7)11-13-10(8-3-4-8)14-15(11)2/h7-9,12H,3-6H2,1-2H3. The van der Waals surface area contributed by atoms with E-state index in [1.54, 1.807) is 0 Å². The Bertz CT molecular complexity index is 367. The van der Waals surface area contributed by atoms with Gasteiger partial charge in [0.25, 0.3) is 0 Å². The van der Waals surface area contributed by atoms with E-state index in [4.69, 9.17) is 4.98 Å². The molecule has 3 rings (SSSR count). The summed E-state index contributed by atoms with van der Waals surface area (Å²) >= 11 is 0. The van der Waals surface area contributed by atoms with Gasteiger partial charge in [0.1, 0.15) is 5.82 Å². The van der Waals surface area contributed by atoms with Crippen LogP contribution in [0, 0.1) is 5.92 Å². The Kier molecular flexibility index (Phi) is 2.06. The Morgan fingerprint density at radius 1 is 1.33 bits per heavy atom. The second kappa shape index (κ2) is 3.30. The molecule has 1 saturated heterocycles. The first-order valence-electron chi connectivity index (χ1n) is 5.87. The van der Waals surface area contributed by atoms with E-state index in [9.17, 15) is 0 Å². The van der Waals surface area contributed by atoms with Crippen LogP contribution < -0.4 is 5.32 Å². The fraction of sp³-hybridized carbons (Fsp3) is 0.818. The minimum absolute atomic E-state index is 0.551. The van der Waals surface area contributed by atoms with Crippen LogP contribution in [0.1, 0.15) is 43.3 Å². The van der Waals surface area contributed by atoms with Crippen LogP contribution >= 0.6 is 0 Å². The van der Waals surface area contributed by atoms with E-state index in [0.29, 0.717) is 17.8 Å². The molecular formula is C11H18N4. The molecule has 1 aliphatic carbocycles. The zero-order valence-electron chi connectivity index (χ0n) is 9.40. The Morgan fingerprint density at radius 3 is 2.73 bits per heavy atom. The van der Waals surface area contributed by atoms with Crippen LogP contribution in [0.3, 0.4) is 0 Å². The molecule has 1 saturated carbocycles. The van der Waals surface area contributed by atoms with Gasteiger partial charge in [0.15, 0.2) is 5.82 Å². The smallest absolute Gasteiger partial charge is 0.154 e. The Morgan fingerprint density at radius 2 is 2.13 bits per heavy atom. The molecule has 2 unspecified atom stereocenters. The van der Waals surface area contributed by atoms with Crippen LogP contribution in [0.25, 0.3) is 0 Å². The van der Waals surface area contributed by atoms with Gasteiger partial charge in [0, 0.05) is 25.4 Å². The summed E-state index contributed by atoms with van der Waals surface area (Å²) in [6.45, 7) is 4.45. The van der Waals surface area contributed by atoms with Gasteiger partial charge in [-0.2, -0.15) is 5.10 Å². The fourth-order valence-electron chi connectivity index (χ4n) is 2.41. The summed E-state index contributed by atoms with van der Waals surface area (Å²) in [5.74, 6) is 4.14. The van der Waals surface area contributed by atoms with Gasteiger partial charge >= 0.3 is 0 Å². The van der Waals surface area contributed by atoms with E-state index in [1.165, 1.54) is 18.7 Å². The molecule has 0 aromatic carbocycles. The van der Waals surface area contributed by atoms with Gasteiger partial charge in [-0.1, -0.05) is 6.92 Å². The number of hydrogen-bond acceptors (Lipinski definition) is 3. The normalized spacial score (nSPS) is 31.1. The molecule has 0 amide bonds. The van der Waals surface area contributed by atoms with E-state index in [-0.39, 0.29) is 0 Å². The minimum atomic E-state index is 0.551. The van der Waals surface area contributed by atoms with E-state index in [2.05, 4.69) is 17.3 Å². The zero-order valence-corrected chi connectivity index (χ0v) is 9.40. The predicted molar refractivity (Wildman–Crippen MR) is 57.8 cm³/mol. The van der Waals surface area contributed by atoms with Crippen LogP contribution in [-0.2, 0) is 7.05 Å². The van der Waals surface area contributed by atoms with Crippen molar-refractivity contribution in [2.24, 2.45) is 13.0 Å². The molecule has 1 aliphatic heterocycles. The molecule has 4 heteroatoms. The third-order valence-electron chi connectivity index (χ3n) is 3.60. The molecule has 0 bridgehead atoms. The second-order valence-corrected chi connectivity index (χ2v) is 4.97. The van der Waals surface area contributed by atoms with Gasteiger partial charge in [-0.15, -0.1) is 0 Å². The molecule has 0 radical (unpaired) electrons. The first-order valence-corrected chi connectivity index (χ1v) is 5.87. The minimum Gasteiger partial charge on any atom is -0.316 e. The third-order valence-corrected chi connectivity index (χ3v) is 3.60. The SMILES string of the molecule is CC1CNCC1c1nc(C2CC2)nn1C. The summed E-state index contributed by atoms with van der Waals surface area (Å²) in [7, 11) is 2.03. The van der Waals surface area contributed by atoms with Crippen molar-refractivity contribution in [2.45, 2.75) is 31.6 Å². The van der Waals surface area contributed by atoms with Crippen LogP contribution in [-0.4, -0.2) is 27.9 Å². The van der Waals surface area contributed by atoms with E-state index in [1.807, 2.05) is 11.7 Å². The van der Waals surface area contributed by atoms with E-state index >= 15 is 0 Å². The molecule has 2 atom stereocenters. The van der Waals surface area contributed by atoms with Gasteiger partial charge in [-0.05, 0) is 25.3 Å². The molecule has 2 aliphatic rings. The summed E-state index contributed by atoms with van der Waals surface area (Å²) in [6, 6.07) is 0. The lowest BCUT2D eigenvalue weighted by atomic mass is 9.97. The Balaban J connectivity index is 1.89. The van der Waals surface area contributed by atoms with E-state index in [0.717, 1.165) is 18.9 Å². The summed E-state index contributed by atoms with van der Waals surface area (Å²) < 4.78 is 1.99. The average Bonchev–Trinajstić information content (AvgIpc) is 2.87. The van der Waals surface area contributed by atoms with Crippen LogP contribution in [0.4, 0.5) is 0 Å². The zero-order chi connectivity index (χ0) is 10.4. The topological polar surface area (TPSA) is 42.7 Å². The lowest BCUT2D eigenvalue weighted by Crippen LogP contribution is -2.13. The monoisotopic (exact) mass is 206 g/mol. The number of hydrogen-bond donors (Lipinski definition) is 1. The molecule has 15 heavy (non-hydrogen) atoms. The lowest BCUT2D eigenvalue weighted by molar-refractivity contribution is 0.518. The molecule has 2 fully saturated rings. The lowest BCUT2D eigenvalue weighted by Gasteiger charge is -2.12. The van der Waals surface area contributed by atoms with Gasteiger partial charge in [0.05, 0.1) is 0 Å². The highest BCUT2D eigenvalue weighted by Crippen LogP contribution is 2.39. The number of rotatable bonds is 2. The largest absolute Gasteiger partial charge is 0.316 e. The highest BCUT2D eigenvalue weighted by Gasteiger charge is 2.33. The molecule has 0 spiro atoms. The summed E-state index contributed by atoms with van der Waals surface area (Å²) in [6.07, 6.45) is 2.56. The third kappa shape index (κ3) is 1.57. The summed E-state index contributed by atoms with van der Waals surface area (Å²) in [5, 5.41) is 7.95. The number of aryl methyl sites for hydroxylation is 1. The van der Waals surface area contributed by atoms with Crippen LogP contribution in [0.15, 0.2) is 0 Å². The van der Waals surface area contributed by atoms with Crippen LogP contribution in [0.2, 0.25) is 0 Å². The maximum Gasteiger partial charge on any atom is 0.154 e. The van der Waals surface area contributed by atoms with Gasteiger partial charge in [0.2, 0.25) is 0 Å². The van der Waals surface area contributed by atoms with Crippen molar-refractivity contribution in [3.63, 3.8) is 0 Å². The van der Waals surface area contributed by atoms with Gasteiger partial charge in [-0.25, -0.2) is 4.98 Å². The van der Waals surface area contributed by atoms with Crippen molar-refractivity contribution in [2.75, 3.05) is 13.1 Å². The molecular weight excluding hydrogens is 188 g/mol. The molecule has 2 heterocycles. The van der Waals surface area contributed by atoms with Crippen molar-refractivity contribution in [1.29, 1.82) is 0 Å². The van der Waals surface area contributed by atoms with Crippen molar-refractivity contribution in [1.82, 2.24) is 20.1 Å². The first-order chi connectivity index (χ1) is 7.25. The highest BCUT2D eigenvalue weighted by atomic mass is 15.3. The van der Waals surface area contributed by atoms with Crippen molar-refractivity contribution in [3.8, 4) is 0 Å². The first kappa shape index (κ1) is 9.33. The summed E-state index contributed by atoms with van der Waals surface area (Å²) in [5.41, 5.74) is 0. The maximum absolute atomic E-state index is 4.72. The average molecular weight is 206 g/mol. The van der Waals surface area contributed by atoms with E-state index < -0.39 is 0 Å². The fourth-order valence-corrected chi connectivity index (χ4v) is 2.41. The Hall–Kier alpha value is -0.900. The Labute approximate surface area is 90.1 Å². The van der Waals surface area contributed by atoms with Gasteiger partial charge in [-0.3, -0.25) is 4.68 Å². The highest BCUT2D eigenvalue weighted by molar-refractivity contribution is 5.11. The molecule has 1 aromatic heterocycles. The summed E-state index contributed by atoms with van der Waals surface area (Å²) in [4.78, 5) is 4.72. The maximum atomic E-state index is 4.72. The second-order valence-electron chi connectivity index (χ2n) is 4.97. The van der Waals surface area contributed by atoms with Crippen LogP contribution in [0.5, 0.6) is 0 Å². The van der Waals surface area contributed by atoms with Crippen molar-refractivity contribution in [3.05, 3.63) is 11.6 Å². The van der Waals surface area contributed by atoms with Crippen molar-refractivity contribution < 1.29 is 0 Å². The quantitative estimate of drug-likeness (QED) is 0.785. The van der Waals surface area contributed by atoms with Crippen molar-refractivity contribution >= 4 is 0 Å². The predicted octanol–water partition coefficient (Wildman–Crippen LogP) is 1.02. The number of aromatic nitrogens is 3. The molecule has 4 nitrogen and oxygen atoms in total. The number of nitrogens with zero attached hydrogens (tertiary/aromatic N) is 3. The van der Waals surface area contributed by atoms with Gasteiger partial charge < -0.3 is 5.32 Å².